The maximum atomic E-state index is 12.7. The Morgan fingerprint density at radius 3 is 2.77 bits per heavy atom. The first-order valence-electron chi connectivity index (χ1n) is 12.7. The van der Waals surface area contributed by atoms with Gasteiger partial charge in [0.25, 0.3) is 0 Å². The first kappa shape index (κ1) is 25.7. The number of hydrogen-bond acceptors (Lipinski definition) is 6. The number of aromatic amines is 1. The van der Waals surface area contributed by atoms with E-state index in [-0.39, 0.29) is 12.6 Å². The van der Waals surface area contributed by atoms with Gasteiger partial charge in [-0.1, -0.05) is 30.3 Å². The van der Waals surface area contributed by atoms with Crippen LogP contribution in [0, 0.1) is 11.3 Å². The number of benzene rings is 2. The number of alkyl carbamates (subject to hydrolysis) is 1. The molecule has 5 aromatic rings. The molecule has 0 saturated carbocycles. The number of H-pyrrole nitrogens is 1. The van der Waals surface area contributed by atoms with E-state index in [0.29, 0.717) is 23.4 Å². The molecule has 0 aliphatic rings. The van der Waals surface area contributed by atoms with Gasteiger partial charge in [-0.25, -0.2) is 9.78 Å². The minimum Gasteiger partial charge on any atom is -0.490 e. The molecule has 196 valence electrons. The molecule has 3 heterocycles. The van der Waals surface area contributed by atoms with E-state index in [1.807, 2.05) is 81.6 Å². The highest BCUT2D eigenvalue weighted by molar-refractivity contribution is 5.87. The van der Waals surface area contributed by atoms with Crippen molar-refractivity contribution >= 4 is 27.8 Å². The summed E-state index contributed by atoms with van der Waals surface area (Å²) in [6.45, 7) is 5.65. The Morgan fingerprint density at radius 2 is 1.95 bits per heavy atom. The van der Waals surface area contributed by atoms with E-state index < -0.39 is 11.7 Å². The molecule has 2 N–H and O–H groups in total. The van der Waals surface area contributed by atoms with Gasteiger partial charge in [-0.3, -0.25) is 4.98 Å². The van der Waals surface area contributed by atoms with Crippen LogP contribution in [0.15, 0.2) is 79.4 Å². The largest absolute Gasteiger partial charge is 0.490 e. The third-order valence-corrected chi connectivity index (χ3v) is 6.23. The summed E-state index contributed by atoms with van der Waals surface area (Å²) in [6.07, 6.45) is 7.03. The monoisotopic (exact) mass is 519 g/mol. The molecule has 1 atom stereocenters. The zero-order valence-corrected chi connectivity index (χ0v) is 22.1. The molecular weight excluding hydrogens is 490 g/mol. The molecule has 0 bridgehead atoms. The van der Waals surface area contributed by atoms with Crippen molar-refractivity contribution in [2.75, 3.05) is 6.61 Å². The Morgan fingerprint density at radius 1 is 1.10 bits per heavy atom. The Hall–Kier alpha value is -4.90. The van der Waals surface area contributed by atoms with E-state index in [2.05, 4.69) is 26.3 Å². The molecule has 2 aromatic carbocycles. The molecule has 8 nitrogen and oxygen atoms in total. The normalized spacial score (nSPS) is 12.2. The van der Waals surface area contributed by atoms with Crippen molar-refractivity contribution in [3.05, 3.63) is 90.6 Å². The predicted molar refractivity (Wildman–Crippen MR) is 150 cm³/mol. The van der Waals surface area contributed by atoms with Crippen LogP contribution in [0.4, 0.5) is 4.79 Å². The van der Waals surface area contributed by atoms with E-state index in [1.165, 1.54) is 6.20 Å². The van der Waals surface area contributed by atoms with Gasteiger partial charge in [0.15, 0.2) is 0 Å². The minimum absolute atomic E-state index is 0.176. The van der Waals surface area contributed by atoms with Crippen LogP contribution in [-0.2, 0) is 11.2 Å². The molecule has 5 rings (SSSR count). The number of para-hydroxylation sites is 1. The molecule has 0 aliphatic heterocycles. The SMILES string of the molecule is CC(C)(C)OC(=O)N[C@H](COc1cnc(C#N)c(-c2ccc3cnccc3c2)c1)Cc1c[nH]c2ccccc12. The quantitative estimate of drug-likeness (QED) is 0.266. The van der Waals surface area contributed by atoms with Crippen molar-refractivity contribution in [3.8, 4) is 22.9 Å². The molecular formula is C31H29N5O3. The van der Waals surface area contributed by atoms with Crippen LogP contribution in [-0.4, -0.2) is 39.3 Å². The van der Waals surface area contributed by atoms with E-state index in [9.17, 15) is 10.1 Å². The molecule has 0 saturated heterocycles. The van der Waals surface area contributed by atoms with E-state index in [1.54, 1.807) is 12.4 Å². The van der Waals surface area contributed by atoms with Crippen LogP contribution in [0.5, 0.6) is 5.75 Å². The third-order valence-electron chi connectivity index (χ3n) is 6.23. The maximum Gasteiger partial charge on any atom is 0.408 e. The van der Waals surface area contributed by atoms with Gasteiger partial charge in [-0.05, 0) is 68.0 Å². The topological polar surface area (TPSA) is 113 Å². The summed E-state index contributed by atoms with van der Waals surface area (Å²) in [5, 5.41) is 15.8. The highest BCUT2D eigenvalue weighted by atomic mass is 16.6. The van der Waals surface area contributed by atoms with Gasteiger partial charge in [-0.15, -0.1) is 0 Å². The maximum absolute atomic E-state index is 12.7. The van der Waals surface area contributed by atoms with E-state index in [0.717, 1.165) is 32.8 Å². The summed E-state index contributed by atoms with van der Waals surface area (Å²) in [7, 11) is 0. The first-order chi connectivity index (χ1) is 18.8. The number of carbonyl (C=O) groups excluding carboxylic acids is 1. The standard InChI is InChI=1S/C31H29N5O3/c1-31(2,3)39-30(37)36-24(13-23-17-34-28-7-5-4-6-26(23)28)19-38-25-14-27(29(15-32)35-18-25)21-8-9-22-16-33-11-10-20(22)12-21/h4-12,14,16-18,24,34H,13,19H2,1-3H3,(H,36,37)/t24-/m0/s1. The van der Waals surface area contributed by atoms with Crippen LogP contribution in [0.1, 0.15) is 32.0 Å². The third kappa shape index (κ3) is 6.16. The lowest BCUT2D eigenvalue weighted by molar-refractivity contribution is 0.0488. The lowest BCUT2D eigenvalue weighted by Crippen LogP contribution is -2.43. The lowest BCUT2D eigenvalue weighted by atomic mass is 10.0. The molecule has 0 spiro atoms. The van der Waals surface area contributed by atoms with Gasteiger partial charge in [0, 0.05) is 40.4 Å². The van der Waals surface area contributed by atoms with Crippen molar-refractivity contribution in [1.29, 1.82) is 5.26 Å². The number of amides is 1. The summed E-state index contributed by atoms with van der Waals surface area (Å²) in [5.41, 5.74) is 3.28. The van der Waals surface area contributed by atoms with Gasteiger partial charge in [0.05, 0.1) is 12.2 Å². The van der Waals surface area contributed by atoms with Crippen LogP contribution >= 0.6 is 0 Å². The number of aromatic nitrogens is 3. The fourth-order valence-corrected chi connectivity index (χ4v) is 4.47. The second kappa shape index (κ2) is 10.8. The van der Waals surface area contributed by atoms with Gasteiger partial charge in [0.1, 0.15) is 29.7 Å². The Balaban J connectivity index is 1.39. The summed E-state index contributed by atoms with van der Waals surface area (Å²) in [5.74, 6) is 0.494. The minimum atomic E-state index is -0.627. The number of rotatable bonds is 7. The van der Waals surface area contributed by atoms with Gasteiger partial charge in [0.2, 0.25) is 0 Å². The molecule has 8 heteroatoms. The van der Waals surface area contributed by atoms with Crippen LogP contribution < -0.4 is 10.1 Å². The average molecular weight is 520 g/mol. The number of nitrogens with zero attached hydrogens (tertiary/aromatic N) is 3. The van der Waals surface area contributed by atoms with E-state index in [4.69, 9.17) is 9.47 Å². The van der Waals surface area contributed by atoms with E-state index >= 15 is 0 Å². The van der Waals surface area contributed by atoms with Gasteiger partial charge < -0.3 is 19.8 Å². The molecule has 0 unspecified atom stereocenters. The smallest absolute Gasteiger partial charge is 0.408 e. The van der Waals surface area contributed by atoms with Gasteiger partial charge in [-0.2, -0.15) is 5.26 Å². The molecule has 1 amide bonds. The summed E-state index contributed by atoms with van der Waals surface area (Å²) < 4.78 is 11.6. The number of fused-ring (bicyclic) bond motifs is 2. The highest BCUT2D eigenvalue weighted by Gasteiger charge is 2.22. The summed E-state index contributed by atoms with van der Waals surface area (Å²) >= 11 is 0. The number of pyridine rings is 2. The second-order valence-corrected chi connectivity index (χ2v) is 10.3. The van der Waals surface area contributed by atoms with Crippen molar-refractivity contribution in [2.24, 2.45) is 0 Å². The number of hydrogen-bond donors (Lipinski definition) is 2. The van der Waals surface area contributed by atoms with Crippen molar-refractivity contribution < 1.29 is 14.3 Å². The Labute approximate surface area is 226 Å². The van der Waals surface area contributed by atoms with Crippen LogP contribution in [0.3, 0.4) is 0 Å². The molecule has 0 aliphatic carbocycles. The predicted octanol–water partition coefficient (Wildman–Crippen LogP) is 6.16. The number of carbonyl (C=O) groups is 1. The summed E-state index contributed by atoms with van der Waals surface area (Å²) in [6, 6.07) is 19.5. The second-order valence-electron chi connectivity index (χ2n) is 10.3. The first-order valence-corrected chi connectivity index (χ1v) is 12.7. The van der Waals surface area contributed by atoms with Crippen LogP contribution in [0.25, 0.3) is 32.8 Å². The molecule has 3 aromatic heterocycles. The molecule has 39 heavy (non-hydrogen) atoms. The average Bonchev–Trinajstić information content (AvgIpc) is 3.33. The van der Waals surface area contributed by atoms with Gasteiger partial charge >= 0.3 is 6.09 Å². The fraction of sp³-hybridized carbons (Fsp3) is 0.226. The highest BCUT2D eigenvalue weighted by Crippen LogP contribution is 2.29. The molecule has 0 radical (unpaired) electrons. The molecule has 0 fully saturated rings. The Kier molecular flexibility index (Phi) is 7.15. The number of nitriles is 1. The zero-order valence-electron chi connectivity index (χ0n) is 22.1. The Bertz CT molecular complexity index is 1680. The zero-order chi connectivity index (χ0) is 27.4. The lowest BCUT2D eigenvalue weighted by Gasteiger charge is -2.24. The summed E-state index contributed by atoms with van der Waals surface area (Å²) in [4.78, 5) is 24.4. The van der Waals surface area contributed by atoms with Crippen LogP contribution in [0.2, 0.25) is 0 Å². The fourth-order valence-electron chi connectivity index (χ4n) is 4.47. The number of nitrogens with one attached hydrogen (secondary N) is 2. The van der Waals surface area contributed by atoms with Crippen molar-refractivity contribution in [3.63, 3.8) is 0 Å². The number of ether oxygens (including phenoxy) is 2. The van der Waals surface area contributed by atoms with Crippen molar-refractivity contribution in [1.82, 2.24) is 20.3 Å². The van der Waals surface area contributed by atoms with Crippen molar-refractivity contribution in [2.45, 2.75) is 38.8 Å².